The molecule has 0 aliphatic rings. The van der Waals surface area contributed by atoms with E-state index >= 15 is 0 Å². The lowest BCUT2D eigenvalue weighted by molar-refractivity contribution is 0.139. The maximum Gasteiger partial charge on any atom is 0.383 e. The molecule has 0 saturated heterocycles. The van der Waals surface area contributed by atoms with Crippen molar-refractivity contribution in [2.45, 2.75) is 20.8 Å². The van der Waals surface area contributed by atoms with E-state index in [1.54, 1.807) is 0 Å². The monoisotopic (exact) mass is 261 g/mol. The maximum absolute atomic E-state index is 11.4. The van der Waals surface area contributed by atoms with Gasteiger partial charge in [-0.05, 0) is 24.1 Å². The molecule has 1 unspecified atom stereocenters. The van der Waals surface area contributed by atoms with Crippen LogP contribution in [0.5, 0.6) is 0 Å². The van der Waals surface area contributed by atoms with Crippen LogP contribution in [0, 0.1) is 5.92 Å². The van der Waals surface area contributed by atoms with Crippen molar-refractivity contribution in [2.24, 2.45) is 11.1 Å². The van der Waals surface area contributed by atoms with Gasteiger partial charge in [0.05, 0.1) is 0 Å². The molecule has 84 valence electrons. The number of nitrogens with zero attached hydrogens (tertiary/aromatic N) is 1. The van der Waals surface area contributed by atoms with E-state index in [1.807, 2.05) is 13.8 Å². The zero-order valence-electron chi connectivity index (χ0n) is 8.37. The summed E-state index contributed by atoms with van der Waals surface area (Å²) in [5.74, 6) is 0.352. The zero-order valence-corrected chi connectivity index (χ0v) is 10.8. The Labute approximate surface area is 93.8 Å². The molecule has 0 aromatic carbocycles. The second kappa shape index (κ2) is 6.67. The van der Waals surface area contributed by atoms with Gasteiger partial charge in [-0.3, -0.25) is 4.57 Å². The fraction of sp³-hybridized carbons (Fsp3) is 0.857. The average molecular weight is 262 g/mol. The first-order valence-electron chi connectivity index (χ1n) is 4.09. The molecule has 0 N–H and O–H groups in total. The molecule has 0 aliphatic carbocycles. The summed E-state index contributed by atoms with van der Waals surface area (Å²) in [4.78, 5) is 0. The van der Waals surface area contributed by atoms with Gasteiger partial charge in [-0.2, -0.15) is 0 Å². The van der Waals surface area contributed by atoms with Gasteiger partial charge in [0, 0.05) is 6.61 Å². The number of oxime groups is 1. The summed E-state index contributed by atoms with van der Waals surface area (Å²) in [6, 6.07) is 0. The van der Waals surface area contributed by atoms with Crippen LogP contribution in [-0.4, -0.2) is 18.1 Å². The van der Waals surface area contributed by atoms with Crippen LogP contribution < -0.4 is 0 Å². The molecule has 0 saturated carbocycles. The number of rotatable bonds is 6. The molecule has 0 aromatic heterocycles. The number of hydrogen-bond donors (Lipinski definition) is 0. The largest absolute Gasteiger partial charge is 0.383 e. The van der Waals surface area contributed by atoms with Crippen LogP contribution in [0.1, 0.15) is 20.8 Å². The molecular weight excluding hydrogens is 248 g/mol. The van der Waals surface area contributed by atoms with Crippen LogP contribution in [0.15, 0.2) is 5.16 Å². The minimum atomic E-state index is -3.32. The van der Waals surface area contributed by atoms with E-state index in [1.165, 1.54) is 6.92 Å². The van der Waals surface area contributed by atoms with E-state index in [-0.39, 0.29) is 11.5 Å². The summed E-state index contributed by atoms with van der Waals surface area (Å²) in [5, 5.41) is 3.44. The molecule has 1 atom stereocenters. The lowest BCUT2D eigenvalue weighted by atomic mass is 10.2. The summed E-state index contributed by atoms with van der Waals surface area (Å²) in [7, 11) is 0. The fourth-order valence-corrected chi connectivity index (χ4v) is 1.54. The first kappa shape index (κ1) is 14.2. The van der Waals surface area contributed by atoms with Crippen molar-refractivity contribution in [2.75, 3.05) is 13.0 Å². The molecule has 0 spiro atoms. The average Bonchev–Trinajstić information content (AvgIpc) is 2.00. The van der Waals surface area contributed by atoms with Crippen molar-refractivity contribution < 1.29 is 13.9 Å². The third-order valence-electron chi connectivity index (χ3n) is 0.985. The van der Waals surface area contributed by atoms with E-state index in [4.69, 9.17) is 27.6 Å². The van der Waals surface area contributed by atoms with Crippen LogP contribution >= 0.6 is 29.6 Å². The summed E-state index contributed by atoms with van der Waals surface area (Å²) in [5.41, 5.74) is 0. The predicted molar refractivity (Wildman–Crippen MR) is 59.2 cm³/mol. The zero-order chi connectivity index (χ0) is 11.2. The van der Waals surface area contributed by atoms with Gasteiger partial charge < -0.3 is 9.36 Å². The highest BCUT2D eigenvalue weighted by Gasteiger charge is 2.21. The molecule has 14 heavy (non-hydrogen) atoms. The molecule has 0 heterocycles. The Hall–Kier alpha value is 0.240. The van der Waals surface area contributed by atoms with Gasteiger partial charge in [0.1, 0.15) is 11.5 Å². The molecule has 0 rings (SSSR count). The smallest absolute Gasteiger partial charge is 0.369 e. The van der Waals surface area contributed by atoms with Gasteiger partial charge in [-0.1, -0.05) is 30.6 Å². The highest BCUT2D eigenvalue weighted by atomic mass is 35.7. The Bertz CT molecular complexity index is 241. The lowest BCUT2D eigenvalue weighted by Crippen LogP contribution is -2.02. The third-order valence-corrected chi connectivity index (χ3v) is 2.35. The quantitative estimate of drug-likeness (QED) is 0.417. The topological polar surface area (TPSA) is 47.9 Å². The Balaban J connectivity index is 3.84. The Morgan fingerprint density at radius 3 is 2.57 bits per heavy atom. The van der Waals surface area contributed by atoms with Crippen LogP contribution in [0.4, 0.5) is 0 Å². The number of hydrogen-bond acceptors (Lipinski definition) is 4. The Morgan fingerprint density at radius 1 is 1.57 bits per heavy atom. The molecule has 0 amide bonds. The van der Waals surface area contributed by atoms with Gasteiger partial charge in [0.2, 0.25) is 0 Å². The highest BCUT2D eigenvalue weighted by molar-refractivity contribution is 7.85. The van der Waals surface area contributed by atoms with Crippen molar-refractivity contribution in [1.82, 2.24) is 0 Å². The minimum absolute atomic E-state index is 0.134. The van der Waals surface area contributed by atoms with E-state index in [0.29, 0.717) is 12.5 Å². The van der Waals surface area contributed by atoms with Crippen molar-refractivity contribution in [3.8, 4) is 0 Å². The molecule has 7 heteroatoms. The fourth-order valence-electron chi connectivity index (χ4n) is 0.538. The second-order valence-corrected chi connectivity index (χ2v) is 6.85. The van der Waals surface area contributed by atoms with Crippen LogP contribution in [0.3, 0.4) is 0 Å². The maximum atomic E-state index is 11.4. The van der Waals surface area contributed by atoms with Crippen molar-refractivity contribution in [3.05, 3.63) is 0 Å². The molecule has 4 nitrogen and oxygen atoms in total. The highest BCUT2D eigenvalue weighted by Crippen LogP contribution is 2.52. The van der Waals surface area contributed by atoms with E-state index in [0.717, 1.165) is 0 Å². The summed E-state index contributed by atoms with van der Waals surface area (Å²) >= 11 is 10.9. The minimum Gasteiger partial charge on any atom is -0.369 e. The third kappa shape index (κ3) is 8.82. The van der Waals surface area contributed by atoms with Crippen molar-refractivity contribution in [3.63, 3.8) is 0 Å². The van der Waals surface area contributed by atoms with E-state index < -0.39 is 6.72 Å². The number of ether oxygens (including phenoxy) is 1. The van der Waals surface area contributed by atoms with Gasteiger partial charge in [0.25, 0.3) is 0 Å². The van der Waals surface area contributed by atoms with Gasteiger partial charge in [-0.15, -0.1) is 0 Å². The van der Waals surface area contributed by atoms with Crippen LogP contribution in [0.25, 0.3) is 0 Å². The Morgan fingerprint density at radius 2 is 2.14 bits per heavy atom. The summed E-state index contributed by atoms with van der Waals surface area (Å²) < 4.78 is 20.9. The van der Waals surface area contributed by atoms with Gasteiger partial charge in [0.15, 0.2) is 0 Å². The van der Waals surface area contributed by atoms with Crippen LogP contribution in [0.2, 0.25) is 0 Å². The summed E-state index contributed by atoms with van der Waals surface area (Å²) in [6.07, 6.45) is -0.166. The van der Waals surface area contributed by atoms with Crippen molar-refractivity contribution >= 4 is 34.7 Å². The first-order chi connectivity index (χ1) is 6.33. The SMILES string of the molecule is CC(Cl)=NOP(=O)(Cl)COCC(C)C. The standard InChI is InChI=1S/C7H14Cl2NO3P/c1-6(2)4-12-5-14(9,11)13-10-7(3)8/h6H,4-5H2,1-3H3. The predicted octanol–water partition coefficient (Wildman–Crippen LogP) is 3.64. The van der Waals surface area contributed by atoms with Gasteiger partial charge >= 0.3 is 6.72 Å². The number of halogens is 2. The van der Waals surface area contributed by atoms with E-state index in [9.17, 15) is 4.57 Å². The molecular formula is C7H14Cl2NO3P. The van der Waals surface area contributed by atoms with Crippen molar-refractivity contribution in [1.29, 1.82) is 0 Å². The molecule has 0 bridgehead atoms. The molecule has 0 fully saturated rings. The first-order valence-corrected chi connectivity index (χ1v) is 7.18. The van der Waals surface area contributed by atoms with Gasteiger partial charge in [-0.25, -0.2) is 0 Å². The molecule has 0 aromatic rings. The van der Waals surface area contributed by atoms with Crippen LogP contribution in [-0.2, 0) is 13.9 Å². The van der Waals surface area contributed by atoms with E-state index in [2.05, 4.69) is 9.78 Å². The Kier molecular flexibility index (Phi) is 6.79. The summed E-state index contributed by atoms with van der Waals surface area (Å²) in [6.45, 7) is 2.59. The second-order valence-electron chi connectivity index (χ2n) is 3.15. The lowest BCUT2D eigenvalue weighted by Gasteiger charge is -2.10. The molecule has 0 radical (unpaired) electrons. The molecule has 0 aliphatic heterocycles. The normalized spacial score (nSPS) is 16.9.